The number of unbranched alkanes of at least 4 members (excludes halogenated alkanes) is 11. The Hall–Kier alpha value is -2.99. The zero-order valence-electron chi connectivity index (χ0n) is 24.7. The van der Waals surface area contributed by atoms with Gasteiger partial charge in [-0.2, -0.15) is 4.57 Å². The molecule has 0 saturated heterocycles. The van der Waals surface area contributed by atoms with Crippen molar-refractivity contribution in [2.45, 2.75) is 104 Å². The summed E-state index contributed by atoms with van der Waals surface area (Å²) in [5.74, 6) is 0.302. The second-order valence-electron chi connectivity index (χ2n) is 10.8. The van der Waals surface area contributed by atoms with E-state index in [2.05, 4.69) is 35.4 Å². The van der Waals surface area contributed by atoms with Gasteiger partial charge in [0.2, 0.25) is 5.51 Å². The van der Waals surface area contributed by atoms with E-state index in [1.165, 1.54) is 76.0 Å². The Kier molecular flexibility index (Phi) is 13.9. The molecule has 40 heavy (non-hydrogen) atoms. The molecule has 5 nitrogen and oxygen atoms in total. The van der Waals surface area contributed by atoms with Crippen LogP contribution in [0.5, 0.6) is 5.75 Å². The van der Waals surface area contributed by atoms with Crippen LogP contribution in [0.25, 0.3) is 0 Å². The quantitative estimate of drug-likeness (QED) is 0.0900. The molecule has 0 aliphatic heterocycles. The van der Waals surface area contributed by atoms with Crippen LogP contribution in [0.2, 0.25) is 0 Å². The van der Waals surface area contributed by atoms with Crippen molar-refractivity contribution in [2.24, 2.45) is 0 Å². The number of nitrogens with zero attached hydrogens (tertiary/aromatic N) is 1. The van der Waals surface area contributed by atoms with Crippen LogP contribution >= 0.6 is 11.3 Å². The maximum Gasteiger partial charge on any atom is 0.255 e. The van der Waals surface area contributed by atoms with E-state index in [0.29, 0.717) is 29.2 Å². The lowest BCUT2D eigenvalue weighted by molar-refractivity contribution is -0.683. The Morgan fingerprint density at radius 3 is 2.05 bits per heavy atom. The van der Waals surface area contributed by atoms with Crippen LogP contribution in [-0.4, -0.2) is 18.3 Å². The molecule has 6 heteroatoms. The van der Waals surface area contributed by atoms with E-state index >= 15 is 0 Å². The van der Waals surface area contributed by atoms with Crippen molar-refractivity contribution in [3.63, 3.8) is 0 Å². The standard InChI is InChI=1S/C34H46N2O3S/c1-4-5-6-7-8-9-10-11-12-13-14-15-22-39-33-21-20-31(23-32(33)28(3)37)35-34(38)30-18-16-29(17-19-30)25-36-24-27(2)40-26-36/h16-21,23-24,26H,4-15,22,25H2,1-3H3/p+1. The van der Waals surface area contributed by atoms with E-state index in [0.717, 1.165) is 24.9 Å². The summed E-state index contributed by atoms with van der Waals surface area (Å²) in [6.07, 6.45) is 17.7. The smallest absolute Gasteiger partial charge is 0.255 e. The van der Waals surface area contributed by atoms with Crippen LogP contribution in [0.15, 0.2) is 54.2 Å². The fraction of sp³-hybridized carbons (Fsp3) is 0.500. The lowest BCUT2D eigenvalue weighted by atomic mass is 10.1. The van der Waals surface area contributed by atoms with Gasteiger partial charge in [0.1, 0.15) is 5.75 Å². The zero-order chi connectivity index (χ0) is 28.6. The minimum absolute atomic E-state index is 0.0775. The second-order valence-corrected chi connectivity index (χ2v) is 11.9. The van der Waals surface area contributed by atoms with Crippen LogP contribution < -0.4 is 14.6 Å². The molecule has 0 bridgehead atoms. The predicted octanol–water partition coefficient (Wildman–Crippen LogP) is 8.93. The maximum absolute atomic E-state index is 12.8. The van der Waals surface area contributed by atoms with Gasteiger partial charge in [0.15, 0.2) is 18.5 Å². The molecule has 0 saturated carbocycles. The summed E-state index contributed by atoms with van der Waals surface area (Å²) in [5, 5.41) is 2.92. The lowest BCUT2D eigenvalue weighted by Gasteiger charge is -2.12. The largest absolute Gasteiger partial charge is 0.493 e. The van der Waals surface area contributed by atoms with Gasteiger partial charge in [-0.05, 0) is 50.6 Å². The van der Waals surface area contributed by atoms with Gasteiger partial charge >= 0.3 is 0 Å². The first kappa shape index (κ1) is 31.5. The van der Waals surface area contributed by atoms with Crippen molar-refractivity contribution in [2.75, 3.05) is 11.9 Å². The third-order valence-corrected chi connectivity index (χ3v) is 8.03. The number of thiazole rings is 1. The van der Waals surface area contributed by atoms with Crippen molar-refractivity contribution < 1.29 is 18.9 Å². The van der Waals surface area contributed by atoms with Crippen LogP contribution in [0.3, 0.4) is 0 Å². The number of carbonyl (C=O) groups excluding carboxylic acids is 2. The zero-order valence-corrected chi connectivity index (χ0v) is 25.5. The lowest BCUT2D eigenvalue weighted by Crippen LogP contribution is -2.30. The van der Waals surface area contributed by atoms with Crippen LogP contribution in [-0.2, 0) is 6.54 Å². The number of rotatable bonds is 19. The molecule has 0 radical (unpaired) electrons. The molecule has 0 aliphatic carbocycles. The summed E-state index contributed by atoms with van der Waals surface area (Å²) in [5.41, 5.74) is 4.88. The van der Waals surface area contributed by atoms with Gasteiger partial charge in [-0.1, -0.05) is 101 Å². The van der Waals surface area contributed by atoms with Crippen LogP contribution in [0.4, 0.5) is 5.69 Å². The number of hydrogen-bond acceptors (Lipinski definition) is 4. The van der Waals surface area contributed by atoms with Crippen LogP contribution in [0.1, 0.15) is 122 Å². The number of ether oxygens (including phenoxy) is 1. The van der Waals surface area contributed by atoms with Gasteiger partial charge in [-0.15, -0.1) is 0 Å². The van der Waals surface area contributed by atoms with Crippen molar-refractivity contribution >= 4 is 28.7 Å². The first-order valence-electron chi connectivity index (χ1n) is 15.1. The topological polar surface area (TPSA) is 59.3 Å². The highest BCUT2D eigenvalue weighted by Crippen LogP contribution is 2.24. The average Bonchev–Trinajstić information content (AvgIpc) is 3.36. The molecule has 3 rings (SSSR count). The summed E-state index contributed by atoms with van der Waals surface area (Å²) < 4.78 is 8.10. The summed E-state index contributed by atoms with van der Waals surface area (Å²) in [6, 6.07) is 12.9. The van der Waals surface area contributed by atoms with E-state index in [1.807, 2.05) is 24.3 Å². The molecule has 0 spiro atoms. The summed E-state index contributed by atoms with van der Waals surface area (Å²) in [6.45, 7) is 7.25. The fourth-order valence-electron chi connectivity index (χ4n) is 4.84. The first-order valence-corrected chi connectivity index (χ1v) is 16.0. The third kappa shape index (κ3) is 11.2. The molecule has 1 amide bonds. The van der Waals surface area contributed by atoms with Crippen molar-refractivity contribution in [1.82, 2.24) is 0 Å². The summed E-state index contributed by atoms with van der Waals surface area (Å²) in [4.78, 5) is 26.4. The molecule has 2 aromatic carbocycles. The number of amides is 1. The van der Waals surface area contributed by atoms with Crippen molar-refractivity contribution in [3.8, 4) is 5.75 Å². The molecule has 1 aromatic heterocycles. The number of hydrogen-bond donors (Lipinski definition) is 1. The molecule has 0 aliphatic rings. The SMILES string of the molecule is CCCCCCCCCCCCCCOc1ccc(NC(=O)c2ccc(C[n+]3csc(C)c3)cc2)cc1C(C)=O. The molecular weight excluding hydrogens is 516 g/mol. The van der Waals surface area contributed by atoms with Crippen LogP contribution in [0, 0.1) is 6.92 Å². The highest BCUT2D eigenvalue weighted by Gasteiger charge is 2.13. The van der Waals surface area contributed by atoms with E-state index in [-0.39, 0.29) is 11.7 Å². The Morgan fingerprint density at radius 2 is 1.48 bits per heavy atom. The minimum atomic E-state index is -0.203. The number of nitrogens with one attached hydrogen (secondary N) is 1. The first-order chi connectivity index (χ1) is 19.5. The molecule has 1 heterocycles. The number of carbonyl (C=O) groups is 2. The molecule has 1 N–H and O–H groups in total. The van der Waals surface area contributed by atoms with Gasteiger partial charge in [0.05, 0.1) is 17.0 Å². The van der Waals surface area contributed by atoms with E-state index < -0.39 is 0 Å². The number of aryl methyl sites for hydroxylation is 1. The highest BCUT2D eigenvalue weighted by atomic mass is 32.1. The molecule has 216 valence electrons. The number of benzene rings is 2. The number of ketones is 1. The normalized spacial score (nSPS) is 11.0. The summed E-state index contributed by atoms with van der Waals surface area (Å²) >= 11 is 1.71. The van der Waals surface area contributed by atoms with Crippen molar-refractivity contribution in [1.29, 1.82) is 0 Å². The maximum atomic E-state index is 12.8. The minimum Gasteiger partial charge on any atom is -0.493 e. The second kappa shape index (κ2) is 17.6. The third-order valence-electron chi connectivity index (χ3n) is 7.18. The molecule has 0 unspecified atom stereocenters. The predicted molar refractivity (Wildman–Crippen MR) is 166 cm³/mol. The van der Waals surface area contributed by atoms with E-state index in [1.54, 1.807) is 29.5 Å². The van der Waals surface area contributed by atoms with Gasteiger partial charge in [0.25, 0.3) is 5.91 Å². The average molecular weight is 564 g/mol. The monoisotopic (exact) mass is 563 g/mol. The highest BCUT2D eigenvalue weighted by molar-refractivity contribution is 7.09. The molecule has 0 atom stereocenters. The Balaban J connectivity index is 1.38. The van der Waals surface area contributed by atoms with E-state index in [9.17, 15) is 9.59 Å². The Bertz CT molecular complexity index is 1190. The number of anilines is 1. The van der Waals surface area contributed by atoms with E-state index in [4.69, 9.17) is 4.74 Å². The molecule has 0 fully saturated rings. The Labute approximate surface area is 245 Å². The van der Waals surface area contributed by atoms with Gasteiger partial charge in [-0.3, -0.25) is 9.59 Å². The molecule has 3 aromatic rings. The molecular formula is C34H47N2O3S+. The number of Topliss-reactive ketones (excluding diaryl/α,β-unsaturated/α-hetero) is 1. The fourth-order valence-corrected chi connectivity index (χ4v) is 5.47. The van der Waals surface area contributed by atoms with Crippen molar-refractivity contribution in [3.05, 3.63) is 75.7 Å². The Morgan fingerprint density at radius 1 is 0.850 bits per heavy atom. The van der Waals surface area contributed by atoms with Gasteiger partial charge in [-0.25, -0.2) is 0 Å². The number of aromatic nitrogens is 1. The summed E-state index contributed by atoms with van der Waals surface area (Å²) in [7, 11) is 0. The van der Waals surface area contributed by atoms with Gasteiger partial charge in [0, 0.05) is 16.8 Å². The van der Waals surface area contributed by atoms with Gasteiger partial charge < -0.3 is 10.1 Å².